The summed E-state index contributed by atoms with van der Waals surface area (Å²) in [5.41, 5.74) is 3.50. The van der Waals surface area contributed by atoms with Gasteiger partial charge in [0.05, 0.1) is 17.3 Å². The van der Waals surface area contributed by atoms with Gasteiger partial charge in [0, 0.05) is 15.6 Å². The monoisotopic (exact) mass is 534 g/mol. The van der Waals surface area contributed by atoms with Crippen LogP contribution in [0.3, 0.4) is 0 Å². The summed E-state index contributed by atoms with van der Waals surface area (Å²) in [7, 11) is 0. The molecule has 2 rings (SSSR count). The number of halogens is 2. The van der Waals surface area contributed by atoms with E-state index in [-0.39, 0.29) is 6.61 Å². The molecular weight excluding hydrogens is 516 g/mol. The van der Waals surface area contributed by atoms with Crippen molar-refractivity contribution in [3.63, 3.8) is 0 Å². The van der Waals surface area contributed by atoms with Crippen LogP contribution in [-0.4, -0.2) is 31.9 Å². The molecule has 2 aromatic carbocycles. The first-order chi connectivity index (χ1) is 14.5. The van der Waals surface area contributed by atoms with Crippen LogP contribution < -0.4 is 19.6 Å². The van der Waals surface area contributed by atoms with Crippen molar-refractivity contribution in [1.29, 1.82) is 0 Å². The number of hydrogen-bond acceptors (Lipinski definition) is 5. The third kappa shape index (κ3) is 6.65. The highest BCUT2D eigenvalue weighted by atomic mass is 79.9. The van der Waals surface area contributed by atoms with Crippen LogP contribution in [0.15, 0.2) is 57.0 Å². The molecule has 1 amide bonds. The molecule has 0 radical (unpaired) electrons. The number of carbonyl (C=O) groups excluding carboxylic acids is 1. The van der Waals surface area contributed by atoms with Gasteiger partial charge in [-0.1, -0.05) is 34.5 Å². The van der Waals surface area contributed by atoms with E-state index in [1.807, 2.05) is 13.0 Å². The summed E-state index contributed by atoms with van der Waals surface area (Å²) in [5, 5.41) is 4.03. The molecule has 156 valence electrons. The summed E-state index contributed by atoms with van der Waals surface area (Å²) in [6.45, 7) is 6.35. The minimum absolute atomic E-state index is 0.105. The second-order valence-corrected chi connectivity index (χ2v) is 7.46. The van der Waals surface area contributed by atoms with Gasteiger partial charge >= 0.3 is 0 Å². The molecule has 0 fully saturated rings. The number of ether oxygens (including phenoxy) is 3. The van der Waals surface area contributed by atoms with E-state index in [4.69, 9.17) is 20.6 Å². The van der Waals surface area contributed by atoms with Gasteiger partial charge in [-0.25, -0.2) is 5.43 Å². The van der Waals surface area contributed by atoms with E-state index in [9.17, 15) is 4.79 Å². The third-order valence-electron chi connectivity index (χ3n) is 3.57. The first-order valence-electron chi connectivity index (χ1n) is 8.89. The second-order valence-electron chi connectivity index (χ2n) is 5.69. The van der Waals surface area contributed by atoms with Crippen molar-refractivity contribution in [2.45, 2.75) is 6.92 Å². The molecule has 0 aliphatic heterocycles. The average Bonchev–Trinajstić information content (AvgIpc) is 2.72. The van der Waals surface area contributed by atoms with Crippen molar-refractivity contribution in [2.75, 3.05) is 19.8 Å². The fraction of sp³-hybridized carbons (Fsp3) is 0.182. The topological polar surface area (TPSA) is 69.2 Å². The molecule has 1 N–H and O–H groups in total. The first-order valence-corrected chi connectivity index (χ1v) is 10.5. The van der Waals surface area contributed by atoms with Crippen molar-refractivity contribution in [3.05, 3.63) is 63.1 Å². The first kappa shape index (κ1) is 23.5. The Balaban J connectivity index is 2.17. The Hall–Kier alpha value is -2.76. The van der Waals surface area contributed by atoms with E-state index in [2.05, 4.69) is 54.9 Å². The second kappa shape index (κ2) is 12.1. The number of hydrogen-bond donors (Lipinski definition) is 1. The minimum atomic E-state index is -0.400. The van der Waals surface area contributed by atoms with Gasteiger partial charge in [0.15, 0.2) is 11.5 Å². The van der Waals surface area contributed by atoms with Gasteiger partial charge in [-0.2, -0.15) is 5.10 Å². The molecule has 0 spiro atoms. The van der Waals surface area contributed by atoms with Gasteiger partial charge < -0.3 is 14.2 Å². The number of hydrazone groups is 1. The zero-order valence-corrected chi connectivity index (χ0v) is 19.5. The molecule has 0 bridgehead atoms. The SMILES string of the molecule is C#CCOc1c(Br)cc(Br)cc1/C=N/NC(=O)c1ccc(OCC=C)c(OCC)c1. The van der Waals surface area contributed by atoms with Crippen LogP contribution in [0.1, 0.15) is 22.8 Å². The van der Waals surface area contributed by atoms with Crippen LogP contribution >= 0.6 is 31.9 Å². The van der Waals surface area contributed by atoms with Crippen molar-refractivity contribution in [1.82, 2.24) is 5.43 Å². The fourth-order valence-electron chi connectivity index (χ4n) is 2.35. The van der Waals surface area contributed by atoms with Crippen LogP contribution in [0.25, 0.3) is 0 Å². The van der Waals surface area contributed by atoms with Gasteiger partial charge in [-0.05, 0) is 53.2 Å². The highest BCUT2D eigenvalue weighted by Crippen LogP contribution is 2.32. The molecule has 0 aliphatic carbocycles. The standard InChI is InChI=1S/C22H20Br2N2O4/c1-4-9-29-19-8-7-15(12-20(19)28-6-3)22(27)26-25-14-16-11-17(23)13-18(24)21(16)30-10-5-2/h2,4,7-8,11-14H,1,6,9-10H2,3H3,(H,26,27)/b25-14+. The summed E-state index contributed by atoms with van der Waals surface area (Å²) in [5.74, 6) is 3.54. The molecule has 8 heteroatoms. The molecule has 0 heterocycles. The molecule has 6 nitrogen and oxygen atoms in total. The number of benzene rings is 2. The zero-order chi connectivity index (χ0) is 21.9. The highest BCUT2D eigenvalue weighted by Gasteiger charge is 2.12. The lowest BCUT2D eigenvalue weighted by atomic mass is 10.2. The summed E-state index contributed by atoms with van der Waals surface area (Å²) in [4.78, 5) is 12.5. The Bertz CT molecular complexity index is 984. The third-order valence-corrected chi connectivity index (χ3v) is 4.62. The molecule has 0 saturated carbocycles. The minimum Gasteiger partial charge on any atom is -0.490 e. The Kier molecular flexibility index (Phi) is 9.45. The van der Waals surface area contributed by atoms with Gasteiger partial charge in [0.25, 0.3) is 5.91 Å². The summed E-state index contributed by atoms with van der Waals surface area (Å²) < 4.78 is 18.2. The maximum absolute atomic E-state index is 12.5. The highest BCUT2D eigenvalue weighted by molar-refractivity contribution is 9.11. The number of terminal acetylenes is 1. The van der Waals surface area contributed by atoms with Crippen LogP contribution in [0, 0.1) is 12.3 Å². The van der Waals surface area contributed by atoms with E-state index in [0.717, 1.165) is 4.47 Å². The van der Waals surface area contributed by atoms with Crippen LogP contribution in [0.2, 0.25) is 0 Å². The molecule has 0 aliphatic rings. The average molecular weight is 536 g/mol. The summed E-state index contributed by atoms with van der Waals surface area (Å²) in [6.07, 6.45) is 8.38. The Morgan fingerprint density at radius 1 is 1.23 bits per heavy atom. The summed E-state index contributed by atoms with van der Waals surface area (Å²) in [6, 6.07) is 8.52. The maximum Gasteiger partial charge on any atom is 0.271 e. The normalized spacial score (nSPS) is 10.3. The van der Waals surface area contributed by atoms with Crippen molar-refractivity contribution >= 4 is 44.0 Å². The lowest BCUT2D eigenvalue weighted by Gasteiger charge is -2.12. The molecular formula is C22H20Br2N2O4. The number of nitrogens with zero attached hydrogens (tertiary/aromatic N) is 1. The zero-order valence-electron chi connectivity index (χ0n) is 16.3. The van der Waals surface area contributed by atoms with Gasteiger partial charge in [0.2, 0.25) is 0 Å². The number of amides is 1. The van der Waals surface area contributed by atoms with Crippen LogP contribution in [0.4, 0.5) is 0 Å². The molecule has 30 heavy (non-hydrogen) atoms. The molecule has 0 atom stereocenters. The maximum atomic E-state index is 12.5. The molecule has 0 unspecified atom stereocenters. The van der Waals surface area contributed by atoms with Crippen LogP contribution in [-0.2, 0) is 0 Å². The van der Waals surface area contributed by atoms with Gasteiger partial charge in [0.1, 0.15) is 19.0 Å². The van der Waals surface area contributed by atoms with Crippen LogP contribution in [0.5, 0.6) is 17.2 Å². The van der Waals surface area contributed by atoms with E-state index >= 15 is 0 Å². The van der Waals surface area contributed by atoms with E-state index in [0.29, 0.717) is 46.1 Å². The summed E-state index contributed by atoms with van der Waals surface area (Å²) >= 11 is 6.84. The van der Waals surface area contributed by atoms with E-state index in [1.54, 1.807) is 30.3 Å². The predicted octanol–water partition coefficient (Wildman–Crippen LogP) is 4.95. The van der Waals surface area contributed by atoms with E-state index in [1.165, 1.54) is 6.21 Å². The van der Waals surface area contributed by atoms with Crippen molar-refractivity contribution < 1.29 is 19.0 Å². The van der Waals surface area contributed by atoms with Gasteiger partial charge in [-0.15, -0.1) is 6.42 Å². The lowest BCUT2D eigenvalue weighted by Crippen LogP contribution is -2.18. The Morgan fingerprint density at radius 3 is 2.73 bits per heavy atom. The smallest absolute Gasteiger partial charge is 0.271 e. The number of carbonyl (C=O) groups is 1. The van der Waals surface area contributed by atoms with E-state index < -0.39 is 5.91 Å². The lowest BCUT2D eigenvalue weighted by molar-refractivity contribution is 0.0954. The van der Waals surface area contributed by atoms with Gasteiger partial charge in [-0.3, -0.25) is 4.79 Å². The van der Waals surface area contributed by atoms with Crippen molar-refractivity contribution in [2.24, 2.45) is 5.10 Å². The largest absolute Gasteiger partial charge is 0.490 e. The number of rotatable bonds is 10. The molecule has 0 saturated heterocycles. The predicted molar refractivity (Wildman–Crippen MR) is 125 cm³/mol. The van der Waals surface area contributed by atoms with Crippen molar-refractivity contribution in [3.8, 4) is 29.6 Å². The molecule has 2 aromatic rings. The number of nitrogens with one attached hydrogen (secondary N) is 1. The Labute approximate surface area is 192 Å². The quantitative estimate of drug-likeness (QED) is 0.202. The molecule has 0 aromatic heterocycles. The Morgan fingerprint density at radius 2 is 2.03 bits per heavy atom. The fourth-order valence-corrected chi connectivity index (χ4v) is 3.73.